The number of hydrogen-bond acceptors (Lipinski definition) is 5. The summed E-state index contributed by atoms with van der Waals surface area (Å²) in [6.45, 7) is 1.73. The standard InChI is InChI=1S/C15H14ClNO3S/c1-2-10-4-6-14(21-10)13(18)8-20-15(19)9-3-5-11(16)12(17)7-9/h3-7H,2,8,17H2,1H3. The maximum absolute atomic E-state index is 11.9. The number of anilines is 1. The Labute approximate surface area is 131 Å². The van der Waals surface area contributed by atoms with Gasteiger partial charge in [0.2, 0.25) is 5.78 Å². The zero-order chi connectivity index (χ0) is 15.4. The second kappa shape index (κ2) is 6.74. The molecule has 21 heavy (non-hydrogen) atoms. The molecule has 2 aromatic rings. The van der Waals surface area contributed by atoms with Gasteiger partial charge in [-0.15, -0.1) is 11.3 Å². The van der Waals surface area contributed by atoms with Crippen molar-refractivity contribution in [3.63, 3.8) is 0 Å². The van der Waals surface area contributed by atoms with Gasteiger partial charge in [-0.2, -0.15) is 0 Å². The van der Waals surface area contributed by atoms with Gasteiger partial charge in [0.05, 0.1) is 21.2 Å². The Morgan fingerprint density at radius 3 is 2.67 bits per heavy atom. The van der Waals surface area contributed by atoms with Gasteiger partial charge in [0.1, 0.15) is 0 Å². The molecule has 0 fully saturated rings. The topological polar surface area (TPSA) is 69.4 Å². The van der Waals surface area contributed by atoms with Crippen molar-refractivity contribution in [2.45, 2.75) is 13.3 Å². The first-order valence-electron chi connectivity index (χ1n) is 6.35. The SMILES string of the molecule is CCc1ccc(C(=O)COC(=O)c2ccc(Cl)c(N)c2)s1. The number of nitrogens with two attached hydrogens (primary N) is 1. The van der Waals surface area contributed by atoms with Crippen molar-refractivity contribution in [3.05, 3.63) is 50.7 Å². The third kappa shape index (κ3) is 3.83. The maximum Gasteiger partial charge on any atom is 0.338 e. The summed E-state index contributed by atoms with van der Waals surface area (Å²) in [5.41, 5.74) is 6.18. The zero-order valence-corrected chi connectivity index (χ0v) is 13.0. The smallest absolute Gasteiger partial charge is 0.338 e. The molecule has 1 aromatic carbocycles. The maximum atomic E-state index is 11.9. The van der Waals surface area contributed by atoms with Crippen LogP contribution in [0.1, 0.15) is 31.8 Å². The third-order valence-corrected chi connectivity index (χ3v) is 4.47. The molecule has 1 heterocycles. The number of benzene rings is 1. The van der Waals surface area contributed by atoms with Crippen LogP contribution < -0.4 is 5.73 Å². The second-order valence-electron chi connectivity index (χ2n) is 4.36. The molecule has 110 valence electrons. The van der Waals surface area contributed by atoms with Crippen LogP contribution in [0, 0.1) is 0 Å². The van der Waals surface area contributed by atoms with Crippen LogP contribution in [0.15, 0.2) is 30.3 Å². The highest BCUT2D eigenvalue weighted by Gasteiger charge is 2.14. The van der Waals surface area contributed by atoms with Gasteiger partial charge in [0.25, 0.3) is 0 Å². The van der Waals surface area contributed by atoms with Crippen molar-refractivity contribution in [1.29, 1.82) is 0 Å². The molecule has 0 bridgehead atoms. The summed E-state index contributed by atoms with van der Waals surface area (Å²) in [7, 11) is 0. The zero-order valence-electron chi connectivity index (χ0n) is 11.4. The highest BCUT2D eigenvalue weighted by Crippen LogP contribution is 2.20. The summed E-state index contributed by atoms with van der Waals surface area (Å²) >= 11 is 7.19. The van der Waals surface area contributed by atoms with Gasteiger partial charge >= 0.3 is 5.97 Å². The van der Waals surface area contributed by atoms with Crippen molar-refractivity contribution in [1.82, 2.24) is 0 Å². The fraction of sp³-hybridized carbons (Fsp3) is 0.200. The van der Waals surface area contributed by atoms with E-state index in [-0.39, 0.29) is 18.0 Å². The Kier molecular flexibility index (Phi) is 4.98. The Hall–Kier alpha value is -1.85. The van der Waals surface area contributed by atoms with E-state index in [9.17, 15) is 9.59 Å². The van der Waals surface area contributed by atoms with Crippen LogP contribution in [-0.4, -0.2) is 18.4 Å². The van der Waals surface area contributed by atoms with Crippen molar-refractivity contribution >= 4 is 40.4 Å². The van der Waals surface area contributed by atoms with Crippen LogP contribution in [0.4, 0.5) is 5.69 Å². The number of carbonyl (C=O) groups is 2. The highest BCUT2D eigenvalue weighted by molar-refractivity contribution is 7.14. The van der Waals surface area contributed by atoms with Gasteiger partial charge in [-0.1, -0.05) is 18.5 Å². The summed E-state index contributed by atoms with van der Waals surface area (Å²) in [5.74, 6) is -0.811. The van der Waals surface area contributed by atoms with E-state index in [2.05, 4.69) is 0 Å². The number of rotatable bonds is 5. The van der Waals surface area contributed by atoms with Crippen LogP contribution in [0.25, 0.3) is 0 Å². The summed E-state index contributed by atoms with van der Waals surface area (Å²) in [6, 6.07) is 8.10. The van der Waals surface area contributed by atoms with E-state index in [1.165, 1.54) is 29.5 Å². The molecular weight excluding hydrogens is 310 g/mol. The predicted molar refractivity (Wildman–Crippen MR) is 84.2 cm³/mol. The predicted octanol–water partition coefficient (Wildman–Crippen LogP) is 3.59. The molecule has 6 heteroatoms. The van der Waals surface area contributed by atoms with Crippen molar-refractivity contribution < 1.29 is 14.3 Å². The lowest BCUT2D eigenvalue weighted by Crippen LogP contribution is -2.13. The summed E-state index contributed by atoms with van der Waals surface area (Å²) in [6.07, 6.45) is 0.877. The number of carbonyl (C=O) groups excluding carboxylic acids is 2. The molecule has 0 radical (unpaired) electrons. The number of hydrogen-bond donors (Lipinski definition) is 1. The Morgan fingerprint density at radius 2 is 2.05 bits per heavy atom. The lowest BCUT2D eigenvalue weighted by Gasteiger charge is -2.05. The third-order valence-electron chi connectivity index (χ3n) is 2.85. The Balaban J connectivity index is 1.97. The normalized spacial score (nSPS) is 10.4. The minimum atomic E-state index is -0.598. The van der Waals surface area contributed by atoms with Gasteiger partial charge in [-0.25, -0.2) is 4.79 Å². The van der Waals surface area contributed by atoms with Crippen LogP contribution in [0.5, 0.6) is 0 Å². The Morgan fingerprint density at radius 1 is 1.29 bits per heavy atom. The molecule has 0 spiro atoms. The van der Waals surface area contributed by atoms with Gasteiger partial charge in [0, 0.05) is 4.88 Å². The molecule has 0 aliphatic rings. The summed E-state index contributed by atoms with van der Waals surface area (Å²) in [5, 5.41) is 0.369. The molecule has 2 N–H and O–H groups in total. The number of thiophene rings is 1. The number of ketones is 1. The van der Waals surface area contributed by atoms with E-state index in [0.29, 0.717) is 15.6 Å². The van der Waals surface area contributed by atoms with Gasteiger partial charge in [0.15, 0.2) is 6.61 Å². The summed E-state index contributed by atoms with van der Waals surface area (Å²) in [4.78, 5) is 25.5. The van der Waals surface area contributed by atoms with Crippen molar-refractivity contribution in [2.24, 2.45) is 0 Å². The first-order valence-corrected chi connectivity index (χ1v) is 7.54. The molecule has 0 atom stereocenters. The van der Waals surface area contributed by atoms with E-state index >= 15 is 0 Å². The van der Waals surface area contributed by atoms with Gasteiger partial charge in [-0.05, 0) is 36.8 Å². The number of esters is 1. The minimum absolute atomic E-state index is 0.213. The van der Waals surface area contributed by atoms with Crippen LogP contribution in [0.3, 0.4) is 0 Å². The van der Waals surface area contributed by atoms with Crippen molar-refractivity contribution in [3.8, 4) is 0 Å². The molecule has 4 nitrogen and oxygen atoms in total. The Bertz CT molecular complexity index is 681. The van der Waals surface area contributed by atoms with E-state index < -0.39 is 5.97 Å². The number of ether oxygens (including phenoxy) is 1. The number of nitrogen functional groups attached to an aromatic ring is 1. The lowest BCUT2D eigenvalue weighted by molar-refractivity contribution is 0.0476. The molecule has 0 saturated heterocycles. The lowest BCUT2D eigenvalue weighted by atomic mass is 10.2. The highest BCUT2D eigenvalue weighted by atomic mass is 35.5. The molecule has 0 unspecified atom stereocenters. The molecule has 0 aliphatic heterocycles. The second-order valence-corrected chi connectivity index (χ2v) is 5.93. The number of Topliss-reactive ketones (excluding diaryl/α,β-unsaturated/α-hetero) is 1. The fourth-order valence-corrected chi connectivity index (χ4v) is 2.66. The minimum Gasteiger partial charge on any atom is -0.454 e. The van der Waals surface area contributed by atoms with Crippen LogP contribution in [0.2, 0.25) is 5.02 Å². The van der Waals surface area contributed by atoms with E-state index in [1.54, 1.807) is 6.07 Å². The molecule has 0 aliphatic carbocycles. The molecule has 1 aromatic heterocycles. The van der Waals surface area contributed by atoms with E-state index in [1.807, 2.05) is 13.0 Å². The molecule has 2 rings (SSSR count). The van der Waals surface area contributed by atoms with E-state index in [0.717, 1.165) is 11.3 Å². The first kappa shape index (κ1) is 15.5. The van der Waals surface area contributed by atoms with Gasteiger partial charge < -0.3 is 10.5 Å². The number of aryl methyl sites for hydroxylation is 1. The van der Waals surface area contributed by atoms with Crippen molar-refractivity contribution in [2.75, 3.05) is 12.3 Å². The molecular formula is C15H14ClNO3S. The van der Waals surface area contributed by atoms with E-state index in [4.69, 9.17) is 22.1 Å². The first-order chi connectivity index (χ1) is 10.0. The largest absolute Gasteiger partial charge is 0.454 e. The molecule has 0 amide bonds. The summed E-state index contributed by atoms with van der Waals surface area (Å²) < 4.78 is 5.00. The molecule has 0 saturated carbocycles. The van der Waals surface area contributed by atoms with Gasteiger partial charge in [-0.3, -0.25) is 4.79 Å². The monoisotopic (exact) mass is 323 g/mol. The average Bonchev–Trinajstić information content (AvgIpc) is 2.96. The quantitative estimate of drug-likeness (QED) is 0.518. The van der Waals surface area contributed by atoms with Crippen LogP contribution >= 0.6 is 22.9 Å². The average molecular weight is 324 g/mol. The van der Waals surface area contributed by atoms with Crippen LogP contribution in [-0.2, 0) is 11.2 Å². The number of halogens is 1. The fourth-order valence-electron chi connectivity index (χ4n) is 1.67.